The number of furan rings is 1. The Hall–Kier alpha value is -1.85. The van der Waals surface area contributed by atoms with Gasteiger partial charge in [-0.1, -0.05) is 24.3 Å². The molecule has 0 fully saturated rings. The Kier molecular flexibility index (Phi) is 6.62. The molecule has 0 unspecified atom stereocenters. The maximum Gasteiger partial charge on any atom is 0.244 e. The first-order valence-corrected chi connectivity index (χ1v) is 8.26. The van der Waals surface area contributed by atoms with Crippen LogP contribution in [0.3, 0.4) is 0 Å². The molecule has 0 radical (unpaired) electrons. The molecule has 2 rings (SSSR count). The van der Waals surface area contributed by atoms with Crippen LogP contribution in [0.4, 0.5) is 0 Å². The van der Waals surface area contributed by atoms with Crippen LogP contribution in [0.2, 0.25) is 0 Å². The third kappa shape index (κ3) is 6.42. The van der Waals surface area contributed by atoms with Crippen LogP contribution in [0.1, 0.15) is 16.9 Å². The van der Waals surface area contributed by atoms with E-state index in [1.807, 2.05) is 0 Å². The number of halogens is 1. The van der Waals surface area contributed by atoms with Crippen molar-refractivity contribution in [2.24, 2.45) is 0 Å². The van der Waals surface area contributed by atoms with Gasteiger partial charge in [-0.15, -0.1) is 0 Å². The normalized spacial score (nSPS) is 11.3. The molecule has 0 aliphatic rings. The van der Waals surface area contributed by atoms with Crippen LogP contribution in [0.5, 0.6) is 0 Å². The molecule has 2 aromatic rings. The standard InChI is InChI=1S/C18H21BrN2O2/c1-21(2)12-11-14-3-5-15(6-4-14)13-20-18(22)10-8-16-7-9-17(19)23-16/h3-10H,11-13H2,1-2H3,(H,20,22). The fourth-order valence-electron chi connectivity index (χ4n) is 2.00. The van der Waals surface area contributed by atoms with Gasteiger partial charge < -0.3 is 14.6 Å². The molecule has 0 spiro atoms. The van der Waals surface area contributed by atoms with E-state index in [0.29, 0.717) is 17.0 Å². The Labute approximate surface area is 145 Å². The Morgan fingerprint density at radius 3 is 2.48 bits per heavy atom. The molecule has 1 N–H and O–H groups in total. The van der Waals surface area contributed by atoms with Crippen LogP contribution < -0.4 is 5.32 Å². The highest BCUT2D eigenvalue weighted by atomic mass is 79.9. The summed E-state index contributed by atoms with van der Waals surface area (Å²) in [5, 5.41) is 2.86. The van der Waals surface area contributed by atoms with Crippen molar-refractivity contribution in [2.45, 2.75) is 13.0 Å². The number of nitrogens with one attached hydrogen (secondary N) is 1. The maximum absolute atomic E-state index is 11.8. The minimum absolute atomic E-state index is 0.144. The number of hydrogen-bond acceptors (Lipinski definition) is 3. The van der Waals surface area contributed by atoms with Crippen molar-refractivity contribution in [3.63, 3.8) is 0 Å². The molecule has 23 heavy (non-hydrogen) atoms. The van der Waals surface area contributed by atoms with Crippen molar-refractivity contribution in [3.8, 4) is 0 Å². The summed E-state index contributed by atoms with van der Waals surface area (Å²) >= 11 is 3.22. The second-order valence-electron chi connectivity index (χ2n) is 5.56. The minimum atomic E-state index is -0.144. The fourth-order valence-corrected chi connectivity index (χ4v) is 2.32. The predicted molar refractivity (Wildman–Crippen MR) is 96.0 cm³/mol. The van der Waals surface area contributed by atoms with Gasteiger partial charge in [0.25, 0.3) is 0 Å². The molecule has 1 heterocycles. The summed E-state index contributed by atoms with van der Waals surface area (Å²) in [5.74, 6) is 0.492. The molecule has 0 saturated heterocycles. The van der Waals surface area contributed by atoms with Gasteiger partial charge in [-0.2, -0.15) is 0 Å². The highest BCUT2D eigenvalue weighted by molar-refractivity contribution is 9.10. The topological polar surface area (TPSA) is 45.5 Å². The second-order valence-corrected chi connectivity index (χ2v) is 6.34. The van der Waals surface area contributed by atoms with Crippen LogP contribution in [-0.4, -0.2) is 31.4 Å². The summed E-state index contributed by atoms with van der Waals surface area (Å²) in [6.45, 7) is 1.54. The molecule has 1 amide bonds. The zero-order valence-electron chi connectivity index (χ0n) is 13.4. The highest BCUT2D eigenvalue weighted by Crippen LogP contribution is 2.14. The first-order chi connectivity index (χ1) is 11.0. The van der Waals surface area contributed by atoms with Gasteiger partial charge in [0.1, 0.15) is 5.76 Å². The number of amides is 1. The Morgan fingerprint density at radius 1 is 1.17 bits per heavy atom. The van der Waals surface area contributed by atoms with Crippen molar-refractivity contribution < 1.29 is 9.21 Å². The first kappa shape index (κ1) is 17.5. The maximum atomic E-state index is 11.8. The highest BCUT2D eigenvalue weighted by Gasteiger charge is 2.00. The fraction of sp³-hybridized carbons (Fsp3) is 0.278. The number of likely N-dealkylation sites (N-methyl/N-ethyl adjacent to an activating group) is 1. The summed E-state index contributed by atoms with van der Waals surface area (Å²) in [4.78, 5) is 13.9. The number of hydrogen-bond donors (Lipinski definition) is 1. The molecule has 1 aromatic carbocycles. The molecule has 0 saturated carbocycles. The van der Waals surface area contributed by atoms with Gasteiger partial charge in [-0.05, 0) is 65.8 Å². The van der Waals surface area contributed by atoms with E-state index in [0.717, 1.165) is 18.5 Å². The van der Waals surface area contributed by atoms with Gasteiger partial charge in [-0.25, -0.2) is 0 Å². The minimum Gasteiger partial charge on any atom is -0.450 e. The van der Waals surface area contributed by atoms with E-state index >= 15 is 0 Å². The molecule has 0 aliphatic heterocycles. The first-order valence-electron chi connectivity index (χ1n) is 7.47. The zero-order chi connectivity index (χ0) is 16.7. The monoisotopic (exact) mass is 376 g/mol. The van der Waals surface area contributed by atoms with E-state index in [1.165, 1.54) is 11.6 Å². The lowest BCUT2D eigenvalue weighted by atomic mass is 10.1. The van der Waals surface area contributed by atoms with Crippen LogP contribution in [0.15, 0.2) is 51.6 Å². The van der Waals surface area contributed by atoms with Crippen LogP contribution in [-0.2, 0) is 17.8 Å². The summed E-state index contributed by atoms with van der Waals surface area (Å²) in [6, 6.07) is 11.9. The molecule has 4 nitrogen and oxygen atoms in total. The van der Waals surface area contributed by atoms with E-state index in [-0.39, 0.29) is 5.91 Å². The van der Waals surface area contributed by atoms with Gasteiger partial charge in [0.05, 0.1) is 0 Å². The second kappa shape index (κ2) is 8.70. The summed E-state index contributed by atoms with van der Waals surface area (Å²) in [7, 11) is 4.14. The van der Waals surface area contributed by atoms with Crippen LogP contribution in [0.25, 0.3) is 6.08 Å². The third-order valence-corrected chi connectivity index (χ3v) is 3.76. The average Bonchev–Trinajstić information content (AvgIpc) is 2.95. The number of carbonyl (C=O) groups excluding carboxylic acids is 1. The number of benzene rings is 1. The lowest BCUT2D eigenvalue weighted by Gasteiger charge is -2.09. The van der Waals surface area contributed by atoms with E-state index in [2.05, 4.69) is 64.5 Å². The van der Waals surface area contributed by atoms with Crippen LogP contribution in [0, 0.1) is 0 Å². The van der Waals surface area contributed by atoms with E-state index < -0.39 is 0 Å². The van der Waals surface area contributed by atoms with Crippen molar-refractivity contribution in [1.29, 1.82) is 0 Å². The molecule has 0 atom stereocenters. The molecule has 5 heteroatoms. The molecular formula is C18H21BrN2O2. The molecular weight excluding hydrogens is 356 g/mol. The smallest absolute Gasteiger partial charge is 0.244 e. The number of nitrogens with zero attached hydrogens (tertiary/aromatic N) is 1. The summed E-state index contributed by atoms with van der Waals surface area (Å²) in [6.07, 6.45) is 4.14. The van der Waals surface area contributed by atoms with Gasteiger partial charge in [0, 0.05) is 19.2 Å². The van der Waals surface area contributed by atoms with E-state index in [9.17, 15) is 4.79 Å². The van der Waals surface area contributed by atoms with Crippen molar-refractivity contribution in [3.05, 3.63) is 64.0 Å². The van der Waals surface area contributed by atoms with Crippen molar-refractivity contribution in [1.82, 2.24) is 10.2 Å². The van der Waals surface area contributed by atoms with Crippen molar-refractivity contribution >= 4 is 27.9 Å². The van der Waals surface area contributed by atoms with E-state index in [1.54, 1.807) is 18.2 Å². The quantitative estimate of drug-likeness (QED) is 0.752. The number of carbonyl (C=O) groups is 1. The summed E-state index contributed by atoms with van der Waals surface area (Å²) in [5.41, 5.74) is 2.39. The van der Waals surface area contributed by atoms with Gasteiger partial charge in [0.15, 0.2) is 4.67 Å². The molecule has 0 aliphatic carbocycles. The van der Waals surface area contributed by atoms with E-state index in [4.69, 9.17) is 4.42 Å². The average molecular weight is 377 g/mol. The number of rotatable bonds is 7. The predicted octanol–water partition coefficient (Wildman–Crippen LogP) is 3.48. The van der Waals surface area contributed by atoms with Gasteiger partial charge in [0.2, 0.25) is 5.91 Å². The van der Waals surface area contributed by atoms with Gasteiger partial charge in [-0.3, -0.25) is 4.79 Å². The molecule has 0 bridgehead atoms. The van der Waals surface area contributed by atoms with Crippen molar-refractivity contribution in [2.75, 3.05) is 20.6 Å². The largest absolute Gasteiger partial charge is 0.450 e. The lowest BCUT2D eigenvalue weighted by Crippen LogP contribution is -2.20. The Morgan fingerprint density at radius 2 is 1.87 bits per heavy atom. The van der Waals surface area contributed by atoms with Gasteiger partial charge >= 0.3 is 0 Å². The Bertz CT molecular complexity index is 660. The van der Waals surface area contributed by atoms with Crippen LogP contribution >= 0.6 is 15.9 Å². The SMILES string of the molecule is CN(C)CCc1ccc(CNC(=O)C=Cc2ccc(Br)o2)cc1. The third-order valence-electron chi connectivity index (χ3n) is 3.33. The lowest BCUT2D eigenvalue weighted by molar-refractivity contribution is -0.116. The molecule has 1 aromatic heterocycles. The zero-order valence-corrected chi connectivity index (χ0v) is 15.0. The molecule has 122 valence electrons. The summed E-state index contributed by atoms with van der Waals surface area (Å²) < 4.78 is 5.94. The Balaban J connectivity index is 1.78.